The first-order chi connectivity index (χ1) is 9.69. The minimum atomic E-state index is -0.106. The van der Waals surface area contributed by atoms with Crippen LogP contribution in [0.1, 0.15) is 44.0 Å². The number of unbranched alkanes of at least 4 members (excludes halogenated alkanes) is 1. The summed E-state index contributed by atoms with van der Waals surface area (Å²) in [7, 11) is 0. The Kier molecular flexibility index (Phi) is 8.16. The molecular weight excluding hydrogens is 248 g/mol. The van der Waals surface area contributed by atoms with Gasteiger partial charge in [0, 0.05) is 5.56 Å². The fourth-order valence-corrected chi connectivity index (χ4v) is 2.26. The Hall–Kier alpha value is -1.19. The molecular formula is C17H28N2O. The number of nitrogens with zero attached hydrogens (tertiary/aromatic N) is 1. The number of Topliss-reactive ketones (excluding diaryl/α,β-unsaturated/α-hetero) is 1. The van der Waals surface area contributed by atoms with Crippen LogP contribution >= 0.6 is 0 Å². The van der Waals surface area contributed by atoms with E-state index in [1.807, 2.05) is 37.3 Å². The second kappa shape index (κ2) is 9.67. The van der Waals surface area contributed by atoms with Crippen LogP contribution in [-0.2, 0) is 0 Å². The molecule has 20 heavy (non-hydrogen) atoms. The molecule has 1 aromatic carbocycles. The van der Waals surface area contributed by atoms with E-state index in [-0.39, 0.29) is 11.8 Å². The fourth-order valence-electron chi connectivity index (χ4n) is 2.26. The second-order valence-electron chi connectivity index (χ2n) is 5.14. The summed E-state index contributed by atoms with van der Waals surface area (Å²) in [6.45, 7) is 10.6. The van der Waals surface area contributed by atoms with Gasteiger partial charge in [-0.2, -0.15) is 0 Å². The third kappa shape index (κ3) is 5.85. The van der Waals surface area contributed by atoms with Crippen LogP contribution in [0, 0.1) is 0 Å². The Labute approximate surface area is 123 Å². The van der Waals surface area contributed by atoms with E-state index in [0.29, 0.717) is 0 Å². The molecule has 0 saturated heterocycles. The van der Waals surface area contributed by atoms with Crippen molar-refractivity contribution in [3.63, 3.8) is 0 Å². The minimum absolute atomic E-state index is 0.106. The lowest BCUT2D eigenvalue weighted by atomic mass is 10.1. The molecule has 3 heteroatoms. The molecule has 0 spiro atoms. The molecule has 0 aromatic heterocycles. The first-order valence-corrected chi connectivity index (χ1v) is 7.74. The molecule has 0 radical (unpaired) electrons. The van der Waals surface area contributed by atoms with Crippen LogP contribution in [0.3, 0.4) is 0 Å². The summed E-state index contributed by atoms with van der Waals surface area (Å²) in [5, 5.41) is 3.32. The molecule has 0 fully saturated rings. The van der Waals surface area contributed by atoms with Gasteiger partial charge >= 0.3 is 0 Å². The number of nitrogens with one attached hydrogen (secondary N) is 1. The molecule has 0 aliphatic heterocycles. The fraction of sp³-hybridized carbons (Fsp3) is 0.588. The standard InChI is InChI=1S/C17H28N2O/c1-4-19(5-2)14-10-9-13-18-15(3)17(20)16-11-7-6-8-12-16/h6-8,11-12,15,18H,4-5,9-10,13-14H2,1-3H3. The lowest BCUT2D eigenvalue weighted by Gasteiger charge is -2.18. The highest BCUT2D eigenvalue weighted by atomic mass is 16.1. The average molecular weight is 276 g/mol. The van der Waals surface area contributed by atoms with E-state index in [2.05, 4.69) is 24.1 Å². The van der Waals surface area contributed by atoms with Gasteiger partial charge in [0.15, 0.2) is 5.78 Å². The lowest BCUT2D eigenvalue weighted by molar-refractivity contribution is 0.0951. The molecule has 1 N–H and O–H groups in total. The summed E-state index contributed by atoms with van der Waals surface area (Å²) in [5.74, 6) is 0.175. The lowest BCUT2D eigenvalue weighted by Crippen LogP contribution is -2.35. The van der Waals surface area contributed by atoms with E-state index < -0.39 is 0 Å². The van der Waals surface area contributed by atoms with Crippen LogP contribution in [0.15, 0.2) is 30.3 Å². The van der Waals surface area contributed by atoms with E-state index in [0.717, 1.165) is 38.2 Å². The Morgan fingerprint density at radius 2 is 1.80 bits per heavy atom. The Balaban J connectivity index is 2.20. The van der Waals surface area contributed by atoms with Crippen molar-refractivity contribution in [1.29, 1.82) is 0 Å². The van der Waals surface area contributed by atoms with Gasteiger partial charge in [-0.3, -0.25) is 4.79 Å². The van der Waals surface area contributed by atoms with Crippen molar-refractivity contribution in [2.75, 3.05) is 26.2 Å². The van der Waals surface area contributed by atoms with Gasteiger partial charge in [0.2, 0.25) is 0 Å². The highest BCUT2D eigenvalue weighted by molar-refractivity contribution is 5.99. The molecule has 1 unspecified atom stereocenters. The number of hydrogen-bond donors (Lipinski definition) is 1. The number of rotatable bonds is 10. The van der Waals surface area contributed by atoms with Crippen molar-refractivity contribution >= 4 is 5.78 Å². The predicted octanol–water partition coefficient (Wildman–Crippen LogP) is 2.97. The molecule has 1 aromatic rings. The summed E-state index contributed by atoms with van der Waals surface area (Å²) in [6, 6.07) is 9.39. The van der Waals surface area contributed by atoms with Crippen molar-refractivity contribution in [1.82, 2.24) is 10.2 Å². The molecule has 0 saturated carbocycles. The van der Waals surface area contributed by atoms with Crippen molar-refractivity contribution in [3.05, 3.63) is 35.9 Å². The Bertz CT molecular complexity index is 374. The zero-order valence-electron chi connectivity index (χ0n) is 13.1. The third-order valence-electron chi connectivity index (χ3n) is 3.70. The number of hydrogen-bond acceptors (Lipinski definition) is 3. The zero-order chi connectivity index (χ0) is 14.8. The van der Waals surface area contributed by atoms with Crippen molar-refractivity contribution in [2.45, 2.75) is 39.7 Å². The quantitative estimate of drug-likeness (QED) is 0.527. The summed E-state index contributed by atoms with van der Waals surface area (Å²) in [4.78, 5) is 14.6. The van der Waals surface area contributed by atoms with Crippen LogP contribution in [0.5, 0.6) is 0 Å². The minimum Gasteiger partial charge on any atom is -0.307 e. The first-order valence-electron chi connectivity index (χ1n) is 7.74. The third-order valence-corrected chi connectivity index (χ3v) is 3.70. The van der Waals surface area contributed by atoms with Crippen LogP contribution in [0.25, 0.3) is 0 Å². The maximum absolute atomic E-state index is 12.1. The average Bonchev–Trinajstić information content (AvgIpc) is 2.50. The van der Waals surface area contributed by atoms with Crippen molar-refractivity contribution in [2.24, 2.45) is 0 Å². The zero-order valence-corrected chi connectivity index (χ0v) is 13.1. The van der Waals surface area contributed by atoms with E-state index >= 15 is 0 Å². The maximum Gasteiger partial charge on any atom is 0.179 e. The van der Waals surface area contributed by atoms with Crippen LogP contribution in [0.2, 0.25) is 0 Å². The Morgan fingerprint density at radius 1 is 1.15 bits per heavy atom. The van der Waals surface area contributed by atoms with Gasteiger partial charge in [-0.05, 0) is 45.9 Å². The van der Waals surface area contributed by atoms with Crippen LogP contribution in [0.4, 0.5) is 0 Å². The van der Waals surface area contributed by atoms with Gasteiger partial charge in [-0.15, -0.1) is 0 Å². The van der Waals surface area contributed by atoms with Gasteiger partial charge in [-0.1, -0.05) is 44.2 Å². The monoisotopic (exact) mass is 276 g/mol. The topological polar surface area (TPSA) is 32.3 Å². The number of carbonyl (C=O) groups is 1. The molecule has 0 aliphatic rings. The molecule has 0 aliphatic carbocycles. The molecule has 1 rings (SSSR count). The SMILES string of the molecule is CCN(CC)CCCCNC(C)C(=O)c1ccccc1. The molecule has 0 amide bonds. The van der Waals surface area contributed by atoms with Crippen LogP contribution in [-0.4, -0.2) is 42.9 Å². The summed E-state index contributed by atoms with van der Waals surface area (Å²) in [5.41, 5.74) is 0.788. The number of ketones is 1. The smallest absolute Gasteiger partial charge is 0.179 e. The largest absolute Gasteiger partial charge is 0.307 e. The summed E-state index contributed by atoms with van der Waals surface area (Å²) in [6.07, 6.45) is 2.30. The highest BCUT2D eigenvalue weighted by Gasteiger charge is 2.13. The molecule has 0 bridgehead atoms. The van der Waals surface area contributed by atoms with Crippen molar-refractivity contribution < 1.29 is 4.79 Å². The highest BCUT2D eigenvalue weighted by Crippen LogP contribution is 2.03. The molecule has 1 atom stereocenters. The molecule has 0 heterocycles. The van der Waals surface area contributed by atoms with Gasteiger partial charge in [0.1, 0.15) is 0 Å². The maximum atomic E-state index is 12.1. The second-order valence-corrected chi connectivity index (χ2v) is 5.14. The van der Waals surface area contributed by atoms with E-state index in [4.69, 9.17) is 0 Å². The van der Waals surface area contributed by atoms with E-state index in [9.17, 15) is 4.79 Å². The van der Waals surface area contributed by atoms with Gasteiger partial charge in [-0.25, -0.2) is 0 Å². The Morgan fingerprint density at radius 3 is 2.40 bits per heavy atom. The first kappa shape index (κ1) is 16.9. The van der Waals surface area contributed by atoms with Gasteiger partial charge in [0.25, 0.3) is 0 Å². The van der Waals surface area contributed by atoms with Gasteiger partial charge < -0.3 is 10.2 Å². The molecule has 3 nitrogen and oxygen atoms in total. The summed E-state index contributed by atoms with van der Waals surface area (Å²) < 4.78 is 0. The van der Waals surface area contributed by atoms with Crippen molar-refractivity contribution in [3.8, 4) is 0 Å². The number of carbonyl (C=O) groups excluding carboxylic acids is 1. The predicted molar refractivity (Wildman–Crippen MR) is 85.3 cm³/mol. The van der Waals surface area contributed by atoms with E-state index in [1.165, 1.54) is 6.42 Å². The number of benzene rings is 1. The van der Waals surface area contributed by atoms with Gasteiger partial charge in [0.05, 0.1) is 6.04 Å². The molecule has 112 valence electrons. The summed E-state index contributed by atoms with van der Waals surface area (Å²) >= 11 is 0. The van der Waals surface area contributed by atoms with Crippen LogP contribution < -0.4 is 5.32 Å². The van der Waals surface area contributed by atoms with E-state index in [1.54, 1.807) is 0 Å². The normalized spacial score (nSPS) is 12.6.